The number of oxazole rings is 1. The van der Waals surface area contributed by atoms with Gasteiger partial charge >= 0.3 is 6.09 Å². The quantitative estimate of drug-likeness (QED) is 0.249. The van der Waals surface area contributed by atoms with E-state index in [1.807, 2.05) is 24.3 Å². The molecular weight excluding hydrogens is 540 g/mol. The van der Waals surface area contributed by atoms with Crippen molar-refractivity contribution in [1.29, 1.82) is 0 Å². The lowest BCUT2D eigenvalue weighted by molar-refractivity contribution is 0.0904. The summed E-state index contributed by atoms with van der Waals surface area (Å²) in [6, 6.07) is 15.2. The van der Waals surface area contributed by atoms with E-state index in [2.05, 4.69) is 10.3 Å². The number of hydrogen-bond donors (Lipinski definition) is 2. The maximum Gasteiger partial charge on any atom is 0.405 e. The lowest BCUT2D eigenvalue weighted by Gasteiger charge is -2.12. The molecule has 12 heteroatoms. The molecule has 0 aliphatic carbocycles. The van der Waals surface area contributed by atoms with Crippen molar-refractivity contribution in [1.82, 2.24) is 10.3 Å². The third kappa shape index (κ3) is 7.10. The molecule has 3 aromatic carbocycles. The lowest BCUT2D eigenvalue weighted by atomic mass is 10.2. The summed E-state index contributed by atoms with van der Waals surface area (Å²) in [5.41, 5.74) is 6.30. The fraction of sp³-hybridized carbons (Fsp3) is 0.207. The number of ether oxygens (including phenoxy) is 4. The van der Waals surface area contributed by atoms with Crippen molar-refractivity contribution < 1.29 is 41.7 Å². The molecule has 0 saturated heterocycles. The molecule has 1 aromatic heterocycles. The van der Waals surface area contributed by atoms with Crippen molar-refractivity contribution in [2.45, 2.75) is 26.2 Å². The Hall–Kier alpha value is -5.13. The second-order valence-electron chi connectivity index (χ2n) is 8.73. The molecule has 0 bridgehead atoms. The fourth-order valence-electron chi connectivity index (χ4n) is 3.85. The largest absolute Gasteiger partial charge is 0.497 e. The standard InChI is InChI=1S/C29H27F2N3O7/c1-16(40-29(32)36)26-25(27(35)33-14-19-6-8-20(30)13-22(19)31)34-28(41-26)18-7-11-23(38-3)24(12-18)39-15-17-4-9-21(37-2)10-5-17/h4-13,16H,14-15H2,1-3H3,(H2,32,36)(H,33,35). The smallest absolute Gasteiger partial charge is 0.405 e. The Morgan fingerprint density at radius 1 is 1.00 bits per heavy atom. The molecule has 1 unspecified atom stereocenters. The van der Waals surface area contributed by atoms with Crippen LogP contribution in [0.15, 0.2) is 65.1 Å². The molecular formula is C29H27F2N3O7. The first kappa shape index (κ1) is 28.9. The fourth-order valence-corrected chi connectivity index (χ4v) is 3.85. The first-order valence-corrected chi connectivity index (χ1v) is 12.3. The van der Waals surface area contributed by atoms with Crippen LogP contribution in [0.4, 0.5) is 13.6 Å². The van der Waals surface area contributed by atoms with Crippen LogP contribution < -0.4 is 25.3 Å². The molecule has 0 saturated carbocycles. The van der Waals surface area contributed by atoms with E-state index in [0.29, 0.717) is 28.9 Å². The number of hydrogen-bond acceptors (Lipinski definition) is 8. The van der Waals surface area contributed by atoms with Crippen LogP contribution >= 0.6 is 0 Å². The number of nitrogens with one attached hydrogen (secondary N) is 1. The SMILES string of the molecule is COc1ccc(COc2cc(-c3nc(C(=O)NCc4ccc(F)cc4F)c(C(C)OC(N)=O)o3)ccc2OC)cc1. The van der Waals surface area contributed by atoms with E-state index in [0.717, 1.165) is 11.6 Å². The Bertz CT molecular complexity index is 1540. The molecule has 1 heterocycles. The van der Waals surface area contributed by atoms with Crippen LogP contribution in [0.2, 0.25) is 0 Å². The number of primary amides is 1. The summed E-state index contributed by atoms with van der Waals surface area (Å²) in [6.45, 7) is 1.41. The number of rotatable bonds is 11. The molecule has 0 aliphatic rings. The summed E-state index contributed by atoms with van der Waals surface area (Å²) < 4.78 is 54.7. The van der Waals surface area contributed by atoms with E-state index in [1.165, 1.54) is 20.1 Å². The zero-order valence-corrected chi connectivity index (χ0v) is 22.4. The summed E-state index contributed by atoms with van der Waals surface area (Å²) in [5.74, 6) is -0.864. The average Bonchev–Trinajstić information content (AvgIpc) is 3.41. The van der Waals surface area contributed by atoms with Gasteiger partial charge in [0.2, 0.25) is 5.89 Å². The molecule has 10 nitrogen and oxygen atoms in total. The summed E-state index contributed by atoms with van der Waals surface area (Å²) in [5, 5.41) is 2.52. The molecule has 0 spiro atoms. The van der Waals surface area contributed by atoms with Gasteiger partial charge in [0.15, 0.2) is 29.1 Å². The number of amides is 2. The van der Waals surface area contributed by atoms with Crippen molar-refractivity contribution in [2.75, 3.05) is 14.2 Å². The number of benzene rings is 3. The minimum Gasteiger partial charge on any atom is -0.497 e. The monoisotopic (exact) mass is 567 g/mol. The highest BCUT2D eigenvalue weighted by molar-refractivity contribution is 5.94. The number of halogens is 2. The number of carbonyl (C=O) groups is 2. The van der Waals surface area contributed by atoms with Crippen molar-refractivity contribution >= 4 is 12.0 Å². The van der Waals surface area contributed by atoms with Gasteiger partial charge in [-0.25, -0.2) is 18.6 Å². The van der Waals surface area contributed by atoms with Gasteiger partial charge in [0, 0.05) is 23.7 Å². The van der Waals surface area contributed by atoms with Crippen LogP contribution in [0.25, 0.3) is 11.5 Å². The second-order valence-corrected chi connectivity index (χ2v) is 8.73. The molecule has 0 radical (unpaired) electrons. The predicted octanol–water partition coefficient (Wildman–Crippen LogP) is 5.30. The van der Waals surface area contributed by atoms with Crippen LogP contribution in [0.3, 0.4) is 0 Å². The van der Waals surface area contributed by atoms with Gasteiger partial charge in [-0.05, 0) is 48.9 Å². The predicted molar refractivity (Wildman–Crippen MR) is 142 cm³/mol. The molecule has 3 N–H and O–H groups in total. The summed E-state index contributed by atoms with van der Waals surface area (Å²) in [6.07, 6.45) is -2.17. The van der Waals surface area contributed by atoms with Gasteiger partial charge in [-0.1, -0.05) is 18.2 Å². The molecule has 1 atom stereocenters. The van der Waals surface area contributed by atoms with Crippen LogP contribution in [0.5, 0.6) is 17.2 Å². The van der Waals surface area contributed by atoms with E-state index in [4.69, 9.17) is 29.1 Å². The topological polar surface area (TPSA) is 135 Å². The Kier molecular flexibility index (Phi) is 9.02. The number of aromatic nitrogens is 1. The third-order valence-electron chi connectivity index (χ3n) is 5.95. The maximum absolute atomic E-state index is 14.1. The summed E-state index contributed by atoms with van der Waals surface area (Å²) >= 11 is 0. The van der Waals surface area contributed by atoms with Crippen LogP contribution in [-0.4, -0.2) is 31.2 Å². The molecule has 4 rings (SSSR count). The van der Waals surface area contributed by atoms with Gasteiger partial charge in [0.05, 0.1) is 14.2 Å². The van der Waals surface area contributed by atoms with E-state index in [1.54, 1.807) is 25.3 Å². The average molecular weight is 568 g/mol. The molecule has 2 amide bonds. The molecule has 0 fully saturated rings. The van der Waals surface area contributed by atoms with Crippen molar-refractivity contribution in [3.8, 4) is 28.7 Å². The number of nitrogens with zero attached hydrogens (tertiary/aromatic N) is 1. The minimum atomic E-state index is -1.09. The number of carbonyl (C=O) groups excluding carboxylic acids is 2. The molecule has 0 aliphatic heterocycles. The molecule has 214 valence electrons. The molecule has 41 heavy (non-hydrogen) atoms. The van der Waals surface area contributed by atoms with Crippen molar-refractivity contribution in [2.24, 2.45) is 5.73 Å². The van der Waals surface area contributed by atoms with Gasteiger partial charge < -0.3 is 34.4 Å². The number of methoxy groups -OCH3 is 2. The Morgan fingerprint density at radius 2 is 1.76 bits per heavy atom. The van der Waals surface area contributed by atoms with Gasteiger partial charge in [0.1, 0.15) is 24.0 Å². The number of nitrogens with two attached hydrogens (primary N) is 1. The highest BCUT2D eigenvalue weighted by Gasteiger charge is 2.27. The molecule has 4 aromatic rings. The van der Waals surface area contributed by atoms with Gasteiger partial charge in [-0.3, -0.25) is 4.79 Å². The van der Waals surface area contributed by atoms with E-state index >= 15 is 0 Å². The maximum atomic E-state index is 14.1. The van der Waals surface area contributed by atoms with Gasteiger partial charge in [-0.2, -0.15) is 0 Å². The minimum absolute atomic E-state index is 0.00924. The second kappa shape index (κ2) is 12.8. The van der Waals surface area contributed by atoms with Crippen molar-refractivity contribution in [3.05, 3.63) is 94.9 Å². The summed E-state index contributed by atoms with van der Waals surface area (Å²) in [4.78, 5) is 28.8. The third-order valence-corrected chi connectivity index (χ3v) is 5.95. The van der Waals surface area contributed by atoms with Gasteiger partial charge in [-0.15, -0.1) is 0 Å². The first-order chi connectivity index (χ1) is 19.7. The highest BCUT2D eigenvalue weighted by atomic mass is 19.1. The zero-order valence-electron chi connectivity index (χ0n) is 22.4. The highest BCUT2D eigenvalue weighted by Crippen LogP contribution is 2.35. The van der Waals surface area contributed by atoms with Gasteiger partial charge in [0.25, 0.3) is 5.91 Å². The van der Waals surface area contributed by atoms with E-state index in [9.17, 15) is 18.4 Å². The van der Waals surface area contributed by atoms with Crippen LogP contribution in [0, 0.1) is 11.6 Å². The van der Waals surface area contributed by atoms with Crippen LogP contribution in [0.1, 0.15) is 40.4 Å². The zero-order chi connectivity index (χ0) is 29.5. The Morgan fingerprint density at radius 3 is 2.41 bits per heavy atom. The van der Waals surface area contributed by atoms with E-state index < -0.39 is 29.7 Å². The van der Waals surface area contributed by atoms with Crippen molar-refractivity contribution in [3.63, 3.8) is 0 Å². The normalized spacial score (nSPS) is 11.4. The summed E-state index contributed by atoms with van der Waals surface area (Å²) in [7, 11) is 3.07. The Labute approximate surface area is 234 Å². The lowest BCUT2D eigenvalue weighted by Crippen LogP contribution is -2.26. The Balaban J connectivity index is 1.61. The van der Waals surface area contributed by atoms with E-state index in [-0.39, 0.29) is 36.1 Å². The van der Waals surface area contributed by atoms with Crippen LogP contribution in [-0.2, 0) is 17.9 Å². The first-order valence-electron chi connectivity index (χ1n) is 12.3.